The van der Waals surface area contributed by atoms with E-state index in [1.165, 1.54) is 0 Å². The molecule has 0 amide bonds. The molecule has 5 heteroatoms. The minimum atomic E-state index is 0.516. The number of hydrogen-bond acceptors (Lipinski definition) is 2. The van der Waals surface area contributed by atoms with Crippen LogP contribution in [0.3, 0.4) is 0 Å². The molecule has 2 aromatic heterocycles. The maximum Gasteiger partial charge on any atom is 0.234 e. The Labute approximate surface area is 120 Å². The second kappa shape index (κ2) is 4.51. The number of benzene rings is 1. The van der Waals surface area contributed by atoms with Gasteiger partial charge in [-0.05, 0) is 26.0 Å². The summed E-state index contributed by atoms with van der Waals surface area (Å²) in [6, 6.07) is 7.53. The van der Waals surface area contributed by atoms with E-state index in [1.54, 1.807) is 6.07 Å². The highest BCUT2D eigenvalue weighted by molar-refractivity contribution is 6.43. The third-order valence-corrected chi connectivity index (χ3v) is 3.81. The summed E-state index contributed by atoms with van der Waals surface area (Å²) < 4.78 is 1.94. The lowest BCUT2D eigenvalue weighted by Crippen LogP contribution is -1.94. The van der Waals surface area contributed by atoms with Gasteiger partial charge in [-0.2, -0.15) is 0 Å². The molecule has 0 saturated heterocycles. The van der Waals surface area contributed by atoms with Crippen molar-refractivity contribution in [1.29, 1.82) is 0 Å². The highest BCUT2D eigenvalue weighted by Crippen LogP contribution is 2.32. The van der Waals surface area contributed by atoms with Gasteiger partial charge >= 0.3 is 0 Å². The number of fused-ring (bicyclic) bond motifs is 1. The molecule has 0 N–H and O–H groups in total. The summed E-state index contributed by atoms with van der Waals surface area (Å²) >= 11 is 12.3. The molecule has 0 aliphatic rings. The minimum absolute atomic E-state index is 0.516. The van der Waals surface area contributed by atoms with Crippen molar-refractivity contribution < 1.29 is 0 Å². The molecule has 96 valence electrons. The molecule has 0 spiro atoms. The first kappa shape index (κ1) is 12.5. The van der Waals surface area contributed by atoms with Crippen LogP contribution in [0.2, 0.25) is 10.0 Å². The van der Waals surface area contributed by atoms with Crippen LogP contribution < -0.4 is 0 Å². The molecule has 3 nitrogen and oxygen atoms in total. The predicted octanol–water partition coefficient (Wildman–Crippen LogP) is 4.32. The van der Waals surface area contributed by atoms with Gasteiger partial charge < -0.3 is 0 Å². The van der Waals surface area contributed by atoms with E-state index in [1.807, 2.05) is 42.6 Å². The number of aryl methyl sites for hydroxylation is 2. The van der Waals surface area contributed by atoms with Gasteiger partial charge in [0.15, 0.2) is 0 Å². The topological polar surface area (TPSA) is 30.2 Å². The predicted molar refractivity (Wildman–Crippen MR) is 77.9 cm³/mol. The van der Waals surface area contributed by atoms with E-state index in [0.29, 0.717) is 15.8 Å². The molecule has 0 radical (unpaired) electrons. The highest BCUT2D eigenvalue weighted by atomic mass is 35.5. The fourth-order valence-corrected chi connectivity index (χ4v) is 2.50. The monoisotopic (exact) mass is 291 g/mol. The van der Waals surface area contributed by atoms with E-state index < -0.39 is 0 Å². The summed E-state index contributed by atoms with van der Waals surface area (Å²) in [4.78, 5) is 8.93. The molecule has 0 unspecified atom stereocenters. The van der Waals surface area contributed by atoms with Gasteiger partial charge in [-0.1, -0.05) is 35.3 Å². The van der Waals surface area contributed by atoms with Gasteiger partial charge in [0.05, 0.1) is 15.7 Å². The molecule has 2 heterocycles. The third kappa shape index (κ3) is 2.09. The third-order valence-electron chi connectivity index (χ3n) is 2.99. The zero-order valence-electron chi connectivity index (χ0n) is 10.5. The van der Waals surface area contributed by atoms with E-state index in [9.17, 15) is 0 Å². The van der Waals surface area contributed by atoms with Crippen LogP contribution in [0.25, 0.3) is 17.0 Å². The maximum absolute atomic E-state index is 6.22. The second-order valence-electron chi connectivity index (χ2n) is 4.44. The van der Waals surface area contributed by atoms with Gasteiger partial charge in [0, 0.05) is 23.1 Å². The van der Waals surface area contributed by atoms with Crippen LogP contribution >= 0.6 is 23.2 Å². The van der Waals surface area contributed by atoms with Gasteiger partial charge in [-0.3, -0.25) is 4.40 Å². The summed E-state index contributed by atoms with van der Waals surface area (Å²) in [7, 11) is 0. The SMILES string of the molecule is Cc1cc(C)n2cc(-c3cccc(Cl)c3Cl)nc2n1. The quantitative estimate of drug-likeness (QED) is 0.668. The molecule has 0 atom stereocenters. The normalized spacial score (nSPS) is 11.2. The molecular weight excluding hydrogens is 281 g/mol. The van der Waals surface area contributed by atoms with Crippen molar-refractivity contribution in [3.8, 4) is 11.3 Å². The van der Waals surface area contributed by atoms with Crippen LogP contribution in [-0.2, 0) is 0 Å². The number of imidazole rings is 1. The standard InChI is InChI=1S/C14H11Cl2N3/c1-8-6-9(2)19-7-12(18-14(19)17-8)10-4-3-5-11(15)13(10)16/h3-7H,1-2H3. The van der Waals surface area contributed by atoms with Gasteiger partial charge in [0.1, 0.15) is 0 Å². The summed E-state index contributed by atoms with van der Waals surface area (Å²) in [6.07, 6.45) is 1.93. The Morgan fingerprint density at radius 3 is 2.68 bits per heavy atom. The van der Waals surface area contributed by atoms with Gasteiger partial charge in [-0.25, -0.2) is 9.97 Å². The number of hydrogen-bond donors (Lipinski definition) is 0. The van der Waals surface area contributed by atoms with Crippen molar-refractivity contribution in [2.45, 2.75) is 13.8 Å². The molecule has 3 rings (SSSR count). The van der Waals surface area contributed by atoms with Crippen molar-refractivity contribution in [3.63, 3.8) is 0 Å². The van der Waals surface area contributed by atoms with Crippen LogP contribution in [0.1, 0.15) is 11.4 Å². The largest absolute Gasteiger partial charge is 0.288 e. The molecule has 0 saturated carbocycles. The first-order valence-electron chi connectivity index (χ1n) is 5.84. The van der Waals surface area contributed by atoms with E-state index in [4.69, 9.17) is 23.2 Å². The summed E-state index contributed by atoms with van der Waals surface area (Å²) in [5, 5.41) is 1.04. The Morgan fingerprint density at radius 1 is 1.11 bits per heavy atom. The highest BCUT2D eigenvalue weighted by Gasteiger charge is 2.12. The summed E-state index contributed by atoms with van der Waals surface area (Å²) in [6.45, 7) is 3.97. The average Bonchev–Trinajstić information content (AvgIpc) is 2.76. The van der Waals surface area contributed by atoms with Crippen molar-refractivity contribution in [2.24, 2.45) is 0 Å². The lowest BCUT2D eigenvalue weighted by atomic mass is 10.2. The Hall–Kier alpha value is -1.58. The molecule has 0 bridgehead atoms. The first-order chi connectivity index (χ1) is 9.06. The van der Waals surface area contributed by atoms with Crippen molar-refractivity contribution in [2.75, 3.05) is 0 Å². The molecule has 19 heavy (non-hydrogen) atoms. The molecule has 0 aliphatic carbocycles. The molecular formula is C14H11Cl2N3. The fraction of sp³-hybridized carbons (Fsp3) is 0.143. The Bertz CT molecular complexity index is 778. The molecule has 3 aromatic rings. The number of aromatic nitrogens is 3. The van der Waals surface area contributed by atoms with Crippen LogP contribution in [0.15, 0.2) is 30.5 Å². The number of nitrogens with zero attached hydrogens (tertiary/aromatic N) is 3. The van der Waals surface area contributed by atoms with E-state index in [2.05, 4.69) is 9.97 Å². The van der Waals surface area contributed by atoms with E-state index in [0.717, 1.165) is 22.6 Å². The van der Waals surface area contributed by atoms with Crippen LogP contribution in [0.4, 0.5) is 0 Å². The van der Waals surface area contributed by atoms with Crippen LogP contribution in [0, 0.1) is 13.8 Å². The molecule has 0 fully saturated rings. The molecule has 1 aromatic carbocycles. The lowest BCUT2D eigenvalue weighted by Gasteiger charge is -2.01. The summed E-state index contributed by atoms with van der Waals surface area (Å²) in [5.74, 6) is 0.670. The van der Waals surface area contributed by atoms with Gasteiger partial charge in [0.25, 0.3) is 0 Å². The smallest absolute Gasteiger partial charge is 0.234 e. The van der Waals surface area contributed by atoms with E-state index >= 15 is 0 Å². The first-order valence-corrected chi connectivity index (χ1v) is 6.59. The fourth-order valence-electron chi connectivity index (χ4n) is 2.10. The van der Waals surface area contributed by atoms with E-state index in [-0.39, 0.29) is 0 Å². The minimum Gasteiger partial charge on any atom is -0.288 e. The van der Waals surface area contributed by atoms with Crippen LogP contribution in [0.5, 0.6) is 0 Å². The lowest BCUT2D eigenvalue weighted by molar-refractivity contribution is 1.01. The zero-order valence-corrected chi connectivity index (χ0v) is 12.0. The van der Waals surface area contributed by atoms with Gasteiger partial charge in [0.2, 0.25) is 5.78 Å². The Kier molecular flexibility index (Phi) is 2.96. The van der Waals surface area contributed by atoms with Crippen molar-refractivity contribution in [3.05, 3.63) is 51.9 Å². The second-order valence-corrected chi connectivity index (χ2v) is 5.22. The van der Waals surface area contributed by atoms with Gasteiger partial charge in [-0.15, -0.1) is 0 Å². The Balaban J connectivity index is 2.26. The number of rotatable bonds is 1. The number of halogens is 2. The van der Waals surface area contributed by atoms with Crippen molar-refractivity contribution >= 4 is 29.0 Å². The van der Waals surface area contributed by atoms with Crippen LogP contribution in [-0.4, -0.2) is 14.4 Å². The maximum atomic E-state index is 6.22. The molecule has 0 aliphatic heterocycles. The zero-order chi connectivity index (χ0) is 13.6. The van der Waals surface area contributed by atoms with Crippen molar-refractivity contribution in [1.82, 2.24) is 14.4 Å². The summed E-state index contributed by atoms with van der Waals surface area (Å²) in [5.41, 5.74) is 3.61. The average molecular weight is 292 g/mol. The Morgan fingerprint density at radius 2 is 1.89 bits per heavy atom.